The van der Waals surface area contributed by atoms with Crippen LogP contribution in [0.15, 0.2) is 36.4 Å². The van der Waals surface area contributed by atoms with E-state index < -0.39 is 0 Å². The van der Waals surface area contributed by atoms with Crippen LogP contribution in [-0.4, -0.2) is 24.3 Å². The third kappa shape index (κ3) is 6.43. The van der Waals surface area contributed by atoms with Crippen molar-refractivity contribution in [2.45, 2.75) is 32.6 Å². The lowest BCUT2D eigenvalue weighted by Crippen LogP contribution is -2.11. The van der Waals surface area contributed by atoms with Crippen LogP contribution in [0.5, 0.6) is 11.5 Å². The molecule has 3 rings (SSSR count). The summed E-state index contributed by atoms with van der Waals surface area (Å²) in [4.78, 5) is 19.9. The number of nitrogens with zero attached hydrogens (tertiary/aromatic N) is 1. The Morgan fingerprint density at radius 2 is 1.96 bits per heavy atom. The molecule has 0 aromatic heterocycles. The molecule has 1 aliphatic rings. The summed E-state index contributed by atoms with van der Waals surface area (Å²) in [6.07, 6.45) is 5.60. The first-order valence-corrected chi connectivity index (χ1v) is 10.1. The molecule has 0 aliphatic heterocycles. The molecule has 146 valence electrons. The topological polar surface area (TPSA) is 79.2 Å². The van der Waals surface area contributed by atoms with Crippen LogP contribution in [0.1, 0.15) is 35.1 Å². The number of hydrogen-bond donors (Lipinski definition) is 1. The van der Waals surface area contributed by atoms with Crippen molar-refractivity contribution in [3.05, 3.63) is 58.7 Å². The van der Waals surface area contributed by atoms with E-state index in [1.807, 2.05) is 25.1 Å². The fraction of sp³-hybridized carbons (Fsp3) is 0.318. The van der Waals surface area contributed by atoms with Crippen molar-refractivity contribution in [1.29, 1.82) is 5.26 Å². The molecule has 6 heteroatoms. The molecule has 2 aromatic carbocycles. The van der Waals surface area contributed by atoms with Crippen LogP contribution in [-0.2, 0) is 17.6 Å². The molecular weight excluding hydrogens is 372 g/mol. The Morgan fingerprint density at radius 3 is 2.61 bits per heavy atom. The minimum absolute atomic E-state index is 0.169. The highest BCUT2D eigenvalue weighted by atomic mass is 32.2. The lowest BCUT2D eigenvalue weighted by atomic mass is 9.92. The zero-order valence-electron chi connectivity index (χ0n) is 16.2. The van der Waals surface area contributed by atoms with Gasteiger partial charge in [0.1, 0.15) is 17.8 Å². The van der Waals surface area contributed by atoms with E-state index in [2.05, 4.69) is 23.5 Å². The van der Waals surface area contributed by atoms with Crippen molar-refractivity contribution in [3.8, 4) is 17.6 Å². The predicted molar refractivity (Wildman–Crippen MR) is 112 cm³/mol. The van der Waals surface area contributed by atoms with Crippen molar-refractivity contribution in [2.75, 3.05) is 12.8 Å². The molecule has 1 amide bonds. The number of carbonyl (C=O) groups excluding carboxylic acids is 2. The monoisotopic (exact) mass is 396 g/mol. The van der Waals surface area contributed by atoms with E-state index in [1.165, 1.54) is 37.4 Å². The standard InChI is InChI=1S/C18H17NO.C4H7NO2S/c1-13-10-14(12-19)6-9-18(13)20-17-8-7-15-4-2-3-5-16(15)11-17;1-5-4(7)8-3-2-6/h6-11H,2-5H2,1H3;2H,3H2,1H3,(H,5,7). The van der Waals surface area contributed by atoms with Gasteiger partial charge in [-0.15, -0.1) is 0 Å². The zero-order valence-corrected chi connectivity index (χ0v) is 17.0. The zero-order chi connectivity index (χ0) is 20.4. The van der Waals surface area contributed by atoms with Crippen LogP contribution in [0.4, 0.5) is 4.79 Å². The highest BCUT2D eigenvalue weighted by Gasteiger charge is 2.11. The van der Waals surface area contributed by atoms with Crippen molar-refractivity contribution < 1.29 is 14.3 Å². The van der Waals surface area contributed by atoms with E-state index in [1.54, 1.807) is 6.07 Å². The average Bonchev–Trinajstić information content (AvgIpc) is 2.73. The van der Waals surface area contributed by atoms with E-state index in [0.717, 1.165) is 35.2 Å². The molecule has 0 heterocycles. The minimum Gasteiger partial charge on any atom is -0.457 e. The van der Waals surface area contributed by atoms with Crippen LogP contribution in [0.25, 0.3) is 0 Å². The van der Waals surface area contributed by atoms with Gasteiger partial charge in [-0.25, -0.2) is 0 Å². The van der Waals surface area contributed by atoms with Crippen LogP contribution in [0.3, 0.4) is 0 Å². The Kier molecular flexibility index (Phi) is 8.57. The van der Waals surface area contributed by atoms with Gasteiger partial charge in [0.15, 0.2) is 0 Å². The van der Waals surface area contributed by atoms with Crippen LogP contribution < -0.4 is 10.1 Å². The molecule has 1 aliphatic carbocycles. The Hall–Kier alpha value is -2.78. The number of amides is 1. The molecule has 2 aromatic rings. The summed E-state index contributed by atoms with van der Waals surface area (Å²) in [6.45, 7) is 1.97. The van der Waals surface area contributed by atoms with Gasteiger partial charge in [0.2, 0.25) is 0 Å². The van der Waals surface area contributed by atoms with E-state index >= 15 is 0 Å². The van der Waals surface area contributed by atoms with Gasteiger partial charge in [-0.2, -0.15) is 5.26 Å². The Labute approximate surface area is 170 Å². The molecule has 1 N–H and O–H groups in total. The third-order valence-corrected chi connectivity index (χ3v) is 5.11. The van der Waals surface area contributed by atoms with E-state index in [9.17, 15) is 9.59 Å². The summed E-state index contributed by atoms with van der Waals surface area (Å²) >= 11 is 0.958. The summed E-state index contributed by atoms with van der Waals surface area (Å²) < 4.78 is 5.97. The van der Waals surface area contributed by atoms with Crippen molar-refractivity contribution in [2.24, 2.45) is 0 Å². The van der Waals surface area contributed by atoms with E-state index in [-0.39, 0.29) is 11.0 Å². The SMILES string of the molecule is CNC(=O)SCC=O.Cc1cc(C#N)ccc1Oc1ccc2c(c1)CCCC2. The maximum Gasteiger partial charge on any atom is 0.279 e. The largest absolute Gasteiger partial charge is 0.457 e. The minimum atomic E-state index is -0.169. The number of benzene rings is 2. The number of rotatable bonds is 4. The summed E-state index contributed by atoms with van der Waals surface area (Å²) in [5.74, 6) is 1.94. The van der Waals surface area contributed by atoms with E-state index in [4.69, 9.17) is 10.00 Å². The first-order chi connectivity index (χ1) is 13.6. The van der Waals surface area contributed by atoms with Crippen molar-refractivity contribution in [1.82, 2.24) is 5.32 Å². The van der Waals surface area contributed by atoms with Crippen molar-refractivity contribution >= 4 is 23.3 Å². The summed E-state index contributed by atoms with van der Waals surface area (Å²) in [5.41, 5.74) is 4.53. The molecule has 0 bridgehead atoms. The van der Waals surface area contributed by atoms with Gasteiger partial charge in [-0.1, -0.05) is 17.8 Å². The van der Waals surface area contributed by atoms with Gasteiger partial charge in [0.25, 0.3) is 5.24 Å². The average molecular weight is 397 g/mol. The lowest BCUT2D eigenvalue weighted by Gasteiger charge is -2.17. The van der Waals surface area contributed by atoms with Gasteiger partial charge in [-0.05, 0) is 79.6 Å². The number of hydrogen-bond acceptors (Lipinski definition) is 5. The second-order valence-electron chi connectivity index (χ2n) is 6.35. The first-order valence-electron chi connectivity index (χ1n) is 9.16. The number of carbonyl (C=O) groups is 2. The fourth-order valence-corrected chi connectivity index (χ4v) is 3.28. The highest BCUT2D eigenvalue weighted by molar-refractivity contribution is 8.14. The van der Waals surface area contributed by atoms with Gasteiger partial charge in [0, 0.05) is 7.05 Å². The summed E-state index contributed by atoms with van der Waals surface area (Å²) in [6, 6.07) is 14.0. The highest BCUT2D eigenvalue weighted by Crippen LogP contribution is 2.30. The van der Waals surface area contributed by atoms with Gasteiger partial charge >= 0.3 is 0 Å². The molecular formula is C22H24N2O3S. The van der Waals surface area contributed by atoms with Gasteiger partial charge < -0.3 is 14.8 Å². The predicted octanol–water partition coefficient (Wildman–Crippen LogP) is 4.80. The molecule has 0 atom stereocenters. The lowest BCUT2D eigenvalue weighted by molar-refractivity contribution is -0.105. The molecule has 0 spiro atoms. The maximum atomic E-state index is 10.3. The quantitative estimate of drug-likeness (QED) is 0.751. The van der Waals surface area contributed by atoms with E-state index in [0.29, 0.717) is 11.8 Å². The number of fused-ring (bicyclic) bond motifs is 1. The van der Waals surface area contributed by atoms with Gasteiger partial charge in [-0.3, -0.25) is 4.79 Å². The molecule has 0 fully saturated rings. The van der Waals surface area contributed by atoms with Crippen LogP contribution >= 0.6 is 11.8 Å². The normalized spacial score (nSPS) is 11.9. The molecule has 0 saturated carbocycles. The van der Waals surface area contributed by atoms with Gasteiger partial charge in [0.05, 0.1) is 17.4 Å². The second kappa shape index (κ2) is 11.2. The molecule has 0 unspecified atom stereocenters. The number of thioether (sulfide) groups is 1. The smallest absolute Gasteiger partial charge is 0.279 e. The summed E-state index contributed by atoms with van der Waals surface area (Å²) in [5, 5.41) is 11.1. The molecule has 28 heavy (non-hydrogen) atoms. The molecule has 0 saturated heterocycles. The maximum absolute atomic E-state index is 10.3. The number of ether oxygens (including phenoxy) is 1. The van der Waals surface area contributed by atoms with Crippen LogP contribution in [0.2, 0.25) is 0 Å². The fourth-order valence-electron chi connectivity index (χ4n) is 2.92. The Bertz CT molecular complexity index is 875. The number of aldehydes is 1. The van der Waals surface area contributed by atoms with Crippen molar-refractivity contribution in [3.63, 3.8) is 0 Å². The number of nitrogens with one attached hydrogen (secondary N) is 1. The molecule has 0 radical (unpaired) electrons. The Morgan fingerprint density at radius 1 is 1.21 bits per heavy atom. The Balaban J connectivity index is 0.000000300. The van der Waals surface area contributed by atoms with Crippen LogP contribution in [0, 0.1) is 18.3 Å². The number of aryl methyl sites for hydroxylation is 3. The first kappa shape index (κ1) is 21.5. The third-order valence-electron chi connectivity index (χ3n) is 4.34. The number of nitriles is 1. The summed E-state index contributed by atoms with van der Waals surface area (Å²) in [7, 11) is 1.53. The second-order valence-corrected chi connectivity index (χ2v) is 7.34. The molecule has 5 nitrogen and oxygen atoms in total.